The van der Waals surface area contributed by atoms with Gasteiger partial charge >= 0.3 is 0 Å². The Morgan fingerprint density at radius 2 is 1.80 bits per heavy atom. The molecule has 4 aromatic rings. The van der Waals surface area contributed by atoms with E-state index in [1.807, 2.05) is 55.5 Å². The molecule has 0 aliphatic carbocycles. The average Bonchev–Trinajstić information content (AvgIpc) is 3.60. The fraction of sp³-hybridized carbons (Fsp3) is 0.231. The number of hydrogen-bond acceptors (Lipinski definition) is 7. The molecule has 178 valence electrons. The Morgan fingerprint density at radius 1 is 0.943 bits per heavy atom. The second kappa shape index (κ2) is 10.2. The van der Waals surface area contributed by atoms with Crippen LogP contribution in [0.5, 0.6) is 0 Å². The van der Waals surface area contributed by atoms with Crippen molar-refractivity contribution in [2.24, 2.45) is 0 Å². The molecule has 2 amide bonds. The molecule has 0 unspecified atom stereocenters. The van der Waals surface area contributed by atoms with Crippen LogP contribution in [0.25, 0.3) is 11.3 Å². The smallest absolute Gasteiger partial charge is 0.289 e. The zero-order valence-corrected chi connectivity index (χ0v) is 20.0. The fourth-order valence-corrected chi connectivity index (χ4v) is 4.72. The topological polar surface area (TPSA) is 92.7 Å². The second-order valence-corrected chi connectivity index (χ2v) is 9.25. The summed E-state index contributed by atoms with van der Waals surface area (Å²) in [5.41, 5.74) is 1.84. The molecule has 4 heterocycles. The standard InChI is InChI=1S/C26H24N4O4S/c1-18-16-29(13-14-30(18)26(32)22-8-5-15-33-22)25(31)23-11-9-20(34-23)17-35-24-12-10-21(27-28-24)19-6-3-2-4-7-19/h2-12,15,18H,13-14,16-17H2,1H3/t18-/m0/s1. The van der Waals surface area contributed by atoms with Crippen LogP contribution in [0.15, 0.2) is 86.9 Å². The maximum Gasteiger partial charge on any atom is 0.289 e. The van der Waals surface area contributed by atoms with E-state index < -0.39 is 0 Å². The largest absolute Gasteiger partial charge is 0.459 e. The van der Waals surface area contributed by atoms with Gasteiger partial charge in [0.2, 0.25) is 0 Å². The fourth-order valence-electron chi connectivity index (χ4n) is 4.02. The van der Waals surface area contributed by atoms with Crippen LogP contribution in [-0.2, 0) is 5.75 Å². The first kappa shape index (κ1) is 22.9. The van der Waals surface area contributed by atoms with Crippen LogP contribution in [0, 0.1) is 0 Å². The highest BCUT2D eigenvalue weighted by Crippen LogP contribution is 2.25. The first-order chi connectivity index (χ1) is 17.1. The Morgan fingerprint density at radius 3 is 2.51 bits per heavy atom. The molecular formula is C26H24N4O4S. The molecule has 1 saturated heterocycles. The molecule has 0 bridgehead atoms. The number of amides is 2. The summed E-state index contributed by atoms with van der Waals surface area (Å²) in [4.78, 5) is 29.0. The van der Waals surface area contributed by atoms with Crippen LogP contribution in [0.2, 0.25) is 0 Å². The van der Waals surface area contributed by atoms with Crippen LogP contribution >= 0.6 is 11.8 Å². The van der Waals surface area contributed by atoms with Gasteiger partial charge in [0.05, 0.1) is 17.7 Å². The number of carbonyl (C=O) groups excluding carboxylic acids is 2. The molecule has 1 aromatic carbocycles. The minimum Gasteiger partial charge on any atom is -0.459 e. The van der Waals surface area contributed by atoms with Crippen molar-refractivity contribution in [3.8, 4) is 11.3 Å². The summed E-state index contributed by atoms with van der Waals surface area (Å²) in [6, 6.07) is 20.5. The van der Waals surface area contributed by atoms with Gasteiger partial charge in [0, 0.05) is 31.2 Å². The summed E-state index contributed by atoms with van der Waals surface area (Å²) in [7, 11) is 0. The molecule has 0 spiro atoms. The van der Waals surface area contributed by atoms with E-state index in [1.54, 1.807) is 28.0 Å². The van der Waals surface area contributed by atoms with Crippen LogP contribution in [0.1, 0.15) is 33.8 Å². The summed E-state index contributed by atoms with van der Waals surface area (Å²) in [5.74, 6) is 1.49. The molecule has 5 rings (SSSR count). The molecule has 3 aromatic heterocycles. The zero-order valence-electron chi connectivity index (χ0n) is 19.2. The lowest BCUT2D eigenvalue weighted by atomic mass is 10.1. The summed E-state index contributed by atoms with van der Waals surface area (Å²) < 4.78 is 11.1. The van der Waals surface area contributed by atoms with Gasteiger partial charge < -0.3 is 18.6 Å². The first-order valence-electron chi connectivity index (χ1n) is 11.3. The number of rotatable bonds is 6. The lowest BCUT2D eigenvalue weighted by Crippen LogP contribution is -2.55. The molecule has 1 atom stereocenters. The summed E-state index contributed by atoms with van der Waals surface area (Å²) >= 11 is 1.50. The number of benzene rings is 1. The number of furan rings is 2. The Bertz CT molecular complexity index is 1290. The van der Waals surface area contributed by atoms with Gasteiger partial charge in [-0.2, -0.15) is 0 Å². The highest BCUT2D eigenvalue weighted by molar-refractivity contribution is 7.98. The number of aromatic nitrogens is 2. The van der Waals surface area contributed by atoms with Crippen molar-refractivity contribution < 1.29 is 18.4 Å². The molecule has 1 aliphatic heterocycles. The quantitative estimate of drug-likeness (QED) is 0.366. The van der Waals surface area contributed by atoms with Gasteiger partial charge in [0.25, 0.3) is 11.8 Å². The maximum absolute atomic E-state index is 13.0. The second-order valence-electron chi connectivity index (χ2n) is 8.25. The number of nitrogens with zero attached hydrogens (tertiary/aromatic N) is 4. The summed E-state index contributed by atoms with van der Waals surface area (Å²) in [6.45, 7) is 3.23. The third-order valence-electron chi connectivity index (χ3n) is 5.85. The van der Waals surface area contributed by atoms with E-state index in [2.05, 4.69) is 10.2 Å². The minimum absolute atomic E-state index is 0.132. The predicted molar refractivity (Wildman–Crippen MR) is 131 cm³/mol. The third kappa shape index (κ3) is 5.14. The molecule has 8 nitrogen and oxygen atoms in total. The Balaban J connectivity index is 1.15. The molecule has 1 fully saturated rings. The normalized spacial score (nSPS) is 15.9. The SMILES string of the molecule is C[C@H]1CN(C(=O)c2ccc(CSc3ccc(-c4ccccc4)nn3)o2)CCN1C(=O)c1ccco1. The monoisotopic (exact) mass is 488 g/mol. The summed E-state index contributed by atoms with van der Waals surface area (Å²) in [5, 5.41) is 9.37. The number of piperazine rings is 1. The van der Waals surface area contributed by atoms with Gasteiger partial charge in [-0.05, 0) is 43.3 Å². The van der Waals surface area contributed by atoms with Gasteiger partial charge in [0.1, 0.15) is 10.8 Å². The number of thioether (sulfide) groups is 1. The van der Waals surface area contributed by atoms with Crippen molar-refractivity contribution in [1.29, 1.82) is 0 Å². The highest BCUT2D eigenvalue weighted by atomic mass is 32.2. The van der Waals surface area contributed by atoms with Gasteiger partial charge in [-0.25, -0.2) is 0 Å². The molecule has 9 heteroatoms. The van der Waals surface area contributed by atoms with Crippen LogP contribution in [0.3, 0.4) is 0 Å². The molecule has 0 radical (unpaired) electrons. The van der Waals surface area contributed by atoms with Gasteiger partial charge in [0.15, 0.2) is 11.5 Å². The Hall–Kier alpha value is -3.85. The molecular weight excluding hydrogens is 464 g/mol. The first-order valence-corrected chi connectivity index (χ1v) is 12.3. The summed E-state index contributed by atoms with van der Waals surface area (Å²) in [6.07, 6.45) is 1.48. The Kier molecular flexibility index (Phi) is 6.67. The lowest BCUT2D eigenvalue weighted by Gasteiger charge is -2.39. The molecule has 35 heavy (non-hydrogen) atoms. The van der Waals surface area contributed by atoms with E-state index in [0.29, 0.717) is 42.7 Å². The van der Waals surface area contributed by atoms with Crippen molar-refractivity contribution in [3.63, 3.8) is 0 Å². The molecule has 0 saturated carbocycles. The number of carbonyl (C=O) groups is 2. The van der Waals surface area contributed by atoms with Crippen molar-refractivity contribution >= 4 is 23.6 Å². The van der Waals surface area contributed by atoms with Crippen LogP contribution < -0.4 is 0 Å². The van der Waals surface area contributed by atoms with Crippen LogP contribution in [0.4, 0.5) is 0 Å². The van der Waals surface area contributed by atoms with E-state index in [9.17, 15) is 9.59 Å². The van der Waals surface area contributed by atoms with E-state index in [1.165, 1.54) is 18.0 Å². The highest BCUT2D eigenvalue weighted by Gasteiger charge is 2.32. The van der Waals surface area contributed by atoms with Crippen molar-refractivity contribution in [1.82, 2.24) is 20.0 Å². The van der Waals surface area contributed by atoms with Gasteiger partial charge in [-0.3, -0.25) is 9.59 Å². The van der Waals surface area contributed by atoms with E-state index in [-0.39, 0.29) is 17.9 Å². The lowest BCUT2D eigenvalue weighted by molar-refractivity contribution is 0.0381. The zero-order chi connectivity index (χ0) is 24.2. The Labute approximate surface area is 206 Å². The van der Waals surface area contributed by atoms with Crippen molar-refractivity contribution in [3.05, 3.63) is 90.3 Å². The van der Waals surface area contributed by atoms with Crippen molar-refractivity contribution in [2.45, 2.75) is 23.7 Å². The van der Waals surface area contributed by atoms with Crippen LogP contribution in [-0.4, -0.2) is 57.5 Å². The third-order valence-corrected chi connectivity index (χ3v) is 6.79. The van der Waals surface area contributed by atoms with E-state index in [0.717, 1.165) is 16.3 Å². The molecule has 1 aliphatic rings. The number of hydrogen-bond donors (Lipinski definition) is 0. The minimum atomic E-state index is -0.176. The van der Waals surface area contributed by atoms with Gasteiger partial charge in [-0.15, -0.1) is 10.2 Å². The average molecular weight is 489 g/mol. The van der Waals surface area contributed by atoms with E-state index >= 15 is 0 Å². The predicted octanol–water partition coefficient (Wildman–Crippen LogP) is 4.61. The maximum atomic E-state index is 13.0. The molecule has 0 N–H and O–H groups in total. The van der Waals surface area contributed by atoms with Gasteiger partial charge in [-0.1, -0.05) is 42.1 Å². The van der Waals surface area contributed by atoms with E-state index in [4.69, 9.17) is 8.83 Å². The van der Waals surface area contributed by atoms with Crippen molar-refractivity contribution in [2.75, 3.05) is 19.6 Å².